The maximum absolute atomic E-state index is 10.5. The Morgan fingerprint density at radius 2 is 2.28 bits per heavy atom. The van der Waals surface area contributed by atoms with Crippen molar-refractivity contribution in [1.82, 2.24) is 4.90 Å². The van der Waals surface area contributed by atoms with E-state index in [1.165, 1.54) is 0 Å². The van der Waals surface area contributed by atoms with Crippen molar-refractivity contribution in [2.24, 2.45) is 0 Å². The number of hydrogen-bond donors (Lipinski definition) is 1. The largest absolute Gasteiger partial charge is 0.480 e. The fraction of sp³-hybridized carbons (Fsp3) is 0.615. The standard InChI is InChI=1S/C13H19NO4/c1-9-4-5-11(18-9)10(2)14-7-13(3,8-14)17-6-12(15)16/h4-5,10H,6-8H2,1-3H3,(H,15,16). The fourth-order valence-corrected chi connectivity index (χ4v) is 2.27. The van der Waals surface area contributed by atoms with Crippen molar-refractivity contribution in [2.45, 2.75) is 32.4 Å². The first-order valence-electron chi connectivity index (χ1n) is 6.06. The van der Waals surface area contributed by atoms with Gasteiger partial charge in [-0.2, -0.15) is 0 Å². The first kappa shape index (κ1) is 13.1. The first-order chi connectivity index (χ1) is 8.39. The Morgan fingerprint density at radius 1 is 1.61 bits per heavy atom. The van der Waals surface area contributed by atoms with Gasteiger partial charge in [0.25, 0.3) is 0 Å². The number of ether oxygens (including phenoxy) is 1. The Balaban J connectivity index is 1.86. The molecule has 0 radical (unpaired) electrons. The lowest BCUT2D eigenvalue weighted by Crippen LogP contribution is -2.62. The number of likely N-dealkylation sites (tertiary alicyclic amines) is 1. The normalized spacial score (nSPS) is 20.4. The van der Waals surface area contributed by atoms with E-state index in [1.807, 2.05) is 26.0 Å². The van der Waals surface area contributed by atoms with Gasteiger partial charge in [0.1, 0.15) is 18.1 Å². The predicted octanol–water partition coefficient (Wildman–Crippen LogP) is 1.82. The highest BCUT2D eigenvalue weighted by Gasteiger charge is 2.43. The van der Waals surface area contributed by atoms with Gasteiger partial charge in [-0.3, -0.25) is 4.90 Å². The van der Waals surface area contributed by atoms with Crippen molar-refractivity contribution in [3.63, 3.8) is 0 Å². The van der Waals surface area contributed by atoms with Gasteiger partial charge in [-0.25, -0.2) is 4.79 Å². The van der Waals surface area contributed by atoms with E-state index in [1.54, 1.807) is 0 Å². The van der Waals surface area contributed by atoms with Crippen molar-refractivity contribution in [2.75, 3.05) is 19.7 Å². The van der Waals surface area contributed by atoms with Gasteiger partial charge in [-0.1, -0.05) is 0 Å². The quantitative estimate of drug-likeness (QED) is 0.867. The Labute approximate surface area is 106 Å². The average molecular weight is 253 g/mol. The molecule has 1 aromatic heterocycles. The lowest BCUT2D eigenvalue weighted by atomic mass is 9.94. The molecule has 0 aliphatic carbocycles. The highest BCUT2D eigenvalue weighted by Crippen LogP contribution is 2.33. The van der Waals surface area contributed by atoms with E-state index >= 15 is 0 Å². The van der Waals surface area contributed by atoms with Crippen LogP contribution in [0.1, 0.15) is 31.4 Å². The molecule has 0 aromatic carbocycles. The minimum absolute atomic E-state index is 0.195. The number of nitrogens with zero attached hydrogens (tertiary/aromatic N) is 1. The van der Waals surface area contributed by atoms with Gasteiger partial charge in [0.05, 0.1) is 11.6 Å². The Hall–Kier alpha value is -1.33. The molecule has 0 spiro atoms. The molecule has 0 saturated carbocycles. The third-order valence-electron chi connectivity index (χ3n) is 3.34. The van der Waals surface area contributed by atoms with Crippen LogP contribution in [0.2, 0.25) is 0 Å². The molecule has 2 heterocycles. The van der Waals surface area contributed by atoms with Gasteiger partial charge in [0, 0.05) is 13.1 Å². The molecule has 0 bridgehead atoms. The van der Waals surface area contributed by atoms with Crippen LogP contribution in [0.25, 0.3) is 0 Å². The maximum atomic E-state index is 10.5. The van der Waals surface area contributed by atoms with E-state index in [-0.39, 0.29) is 18.2 Å². The molecule has 2 rings (SSSR count). The zero-order valence-electron chi connectivity index (χ0n) is 11.0. The van der Waals surface area contributed by atoms with E-state index in [4.69, 9.17) is 14.3 Å². The summed E-state index contributed by atoms with van der Waals surface area (Å²) in [5.74, 6) is 0.916. The smallest absolute Gasteiger partial charge is 0.329 e. The Bertz CT molecular complexity index is 434. The van der Waals surface area contributed by atoms with Gasteiger partial charge >= 0.3 is 5.97 Å². The van der Waals surface area contributed by atoms with E-state index in [0.29, 0.717) is 0 Å². The minimum atomic E-state index is -0.926. The average Bonchev–Trinajstić information content (AvgIpc) is 2.68. The van der Waals surface area contributed by atoms with E-state index < -0.39 is 5.97 Å². The second kappa shape index (κ2) is 4.74. The van der Waals surface area contributed by atoms with Crippen molar-refractivity contribution in [1.29, 1.82) is 0 Å². The molecule has 1 aliphatic rings. The second-order valence-electron chi connectivity index (χ2n) is 5.16. The minimum Gasteiger partial charge on any atom is -0.480 e. The number of carboxylic acids is 1. The predicted molar refractivity (Wildman–Crippen MR) is 65.4 cm³/mol. The van der Waals surface area contributed by atoms with Crippen molar-refractivity contribution < 1.29 is 19.1 Å². The van der Waals surface area contributed by atoms with Crippen LogP contribution in [0.3, 0.4) is 0 Å². The molecular weight excluding hydrogens is 234 g/mol. The van der Waals surface area contributed by atoms with E-state index in [9.17, 15) is 4.79 Å². The SMILES string of the molecule is Cc1ccc(C(C)N2CC(C)(OCC(=O)O)C2)o1. The van der Waals surface area contributed by atoms with Crippen LogP contribution >= 0.6 is 0 Å². The summed E-state index contributed by atoms with van der Waals surface area (Å²) in [6, 6.07) is 4.12. The molecule has 18 heavy (non-hydrogen) atoms. The summed E-state index contributed by atoms with van der Waals surface area (Å²) in [5, 5.41) is 8.60. The second-order valence-corrected chi connectivity index (χ2v) is 5.16. The summed E-state index contributed by atoms with van der Waals surface area (Å²) in [6.07, 6.45) is 0. The number of rotatable bonds is 5. The van der Waals surface area contributed by atoms with Gasteiger partial charge in [-0.15, -0.1) is 0 Å². The zero-order valence-corrected chi connectivity index (χ0v) is 11.0. The first-order valence-corrected chi connectivity index (χ1v) is 6.06. The number of aryl methyl sites for hydroxylation is 1. The summed E-state index contributed by atoms with van der Waals surface area (Å²) in [7, 11) is 0. The highest BCUT2D eigenvalue weighted by molar-refractivity contribution is 5.68. The van der Waals surface area contributed by atoms with E-state index in [2.05, 4.69) is 11.8 Å². The molecule has 1 atom stereocenters. The molecule has 1 aromatic rings. The number of carboxylic acid groups (broad SMARTS) is 1. The number of carbonyl (C=O) groups is 1. The molecule has 1 fully saturated rings. The van der Waals surface area contributed by atoms with Crippen LogP contribution in [-0.4, -0.2) is 41.3 Å². The third-order valence-corrected chi connectivity index (χ3v) is 3.34. The van der Waals surface area contributed by atoms with Crippen LogP contribution in [0.4, 0.5) is 0 Å². The van der Waals surface area contributed by atoms with Gasteiger partial charge < -0.3 is 14.3 Å². The van der Waals surface area contributed by atoms with E-state index in [0.717, 1.165) is 24.6 Å². The maximum Gasteiger partial charge on any atom is 0.329 e. The molecule has 1 unspecified atom stereocenters. The molecule has 5 nitrogen and oxygen atoms in total. The topological polar surface area (TPSA) is 62.9 Å². The van der Waals surface area contributed by atoms with Gasteiger partial charge in [0.2, 0.25) is 0 Å². The van der Waals surface area contributed by atoms with Crippen molar-refractivity contribution in [3.8, 4) is 0 Å². The zero-order chi connectivity index (χ0) is 13.3. The monoisotopic (exact) mass is 253 g/mol. The number of furan rings is 1. The number of hydrogen-bond acceptors (Lipinski definition) is 4. The van der Waals surface area contributed by atoms with Crippen LogP contribution in [0, 0.1) is 6.92 Å². The summed E-state index contributed by atoms with van der Waals surface area (Å²) in [5.41, 5.74) is -0.353. The van der Waals surface area contributed by atoms with Gasteiger partial charge in [-0.05, 0) is 32.9 Å². The molecule has 1 aliphatic heterocycles. The molecule has 1 N–H and O–H groups in total. The summed E-state index contributed by atoms with van der Waals surface area (Å²) in [6.45, 7) is 7.15. The Morgan fingerprint density at radius 3 is 2.78 bits per heavy atom. The number of aliphatic carboxylic acids is 1. The summed E-state index contributed by atoms with van der Waals surface area (Å²) < 4.78 is 11.0. The summed E-state index contributed by atoms with van der Waals surface area (Å²) >= 11 is 0. The van der Waals surface area contributed by atoms with Crippen LogP contribution in [0.5, 0.6) is 0 Å². The lowest BCUT2D eigenvalue weighted by Gasteiger charge is -2.49. The van der Waals surface area contributed by atoms with Crippen LogP contribution in [-0.2, 0) is 9.53 Å². The fourth-order valence-electron chi connectivity index (χ4n) is 2.27. The molecular formula is C13H19NO4. The van der Waals surface area contributed by atoms with Gasteiger partial charge in [0.15, 0.2) is 0 Å². The van der Waals surface area contributed by atoms with Crippen LogP contribution < -0.4 is 0 Å². The highest BCUT2D eigenvalue weighted by atomic mass is 16.5. The molecule has 5 heteroatoms. The van der Waals surface area contributed by atoms with Crippen LogP contribution in [0.15, 0.2) is 16.5 Å². The molecule has 1 saturated heterocycles. The van der Waals surface area contributed by atoms with Crippen molar-refractivity contribution in [3.05, 3.63) is 23.7 Å². The van der Waals surface area contributed by atoms with Crippen molar-refractivity contribution >= 4 is 5.97 Å². The third kappa shape index (κ3) is 2.73. The Kier molecular flexibility index (Phi) is 3.45. The molecule has 0 amide bonds. The molecule has 100 valence electrons. The summed E-state index contributed by atoms with van der Waals surface area (Å²) in [4.78, 5) is 12.7. The lowest BCUT2D eigenvalue weighted by molar-refractivity contribution is -0.169.